The Kier molecular flexibility index (Phi) is 5.99. The molecule has 0 bridgehead atoms. The van der Waals surface area contributed by atoms with Crippen LogP contribution in [0.15, 0.2) is 28.5 Å². The molecule has 0 heterocycles. The second-order valence-electron chi connectivity index (χ2n) is 2.08. The number of nitrogens with two attached hydrogens (primary N) is 1. The summed E-state index contributed by atoms with van der Waals surface area (Å²) in [5, 5.41) is -0.190. The zero-order chi connectivity index (χ0) is 11.1. The molecule has 0 aliphatic carbocycles. The van der Waals surface area contributed by atoms with Gasteiger partial charge in [-0.2, -0.15) is 0 Å². The minimum atomic E-state index is -0.651. The molecule has 0 saturated heterocycles. The molecular weight excluding hydrogens is 227 g/mol. The first-order valence-electron chi connectivity index (χ1n) is 3.70. The van der Waals surface area contributed by atoms with Crippen molar-refractivity contribution in [3.8, 4) is 0 Å². The van der Waals surface area contributed by atoms with Crippen molar-refractivity contribution in [3.63, 3.8) is 0 Å². The average molecular weight is 237 g/mol. The van der Waals surface area contributed by atoms with Gasteiger partial charge in [0.25, 0.3) is 0 Å². The highest BCUT2D eigenvalue weighted by Gasteiger charge is 2.15. The third-order valence-electron chi connectivity index (χ3n) is 1.10. The van der Waals surface area contributed by atoms with E-state index in [4.69, 9.17) is 28.9 Å². The van der Waals surface area contributed by atoms with Crippen LogP contribution in [0.3, 0.4) is 0 Å². The molecule has 0 aromatic rings. The van der Waals surface area contributed by atoms with Crippen LogP contribution in [-0.4, -0.2) is 17.7 Å². The van der Waals surface area contributed by atoms with Gasteiger partial charge in [-0.05, 0) is 6.92 Å². The molecule has 0 saturated carbocycles. The Labute approximate surface area is 92.0 Å². The van der Waals surface area contributed by atoms with Gasteiger partial charge in [0.2, 0.25) is 0 Å². The Bertz CT molecular complexity index is 298. The molecule has 0 fully saturated rings. The molecule has 0 amide bonds. The molecule has 0 spiro atoms. The molecule has 14 heavy (non-hydrogen) atoms. The van der Waals surface area contributed by atoms with Gasteiger partial charge in [-0.25, -0.2) is 9.79 Å². The normalized spacial score (nSPS) is 12.5. The first-order chi connectivity index (χ1) is 6.52. The van der Waals surface area contributed by atoms with Crippen molar-refractivity contribution in [1.29, 1.82) is 0 Å². The van der Waals surface area contributed by atoms with Gasteiger partial charge in [0.1, 0.15) is 15.9 Å². The summed E-state index contributed by atoms with van der Waals surface area (Å²) in [5.74, 6) is -0.651. The molecule has 4 nitrogen and oxygen atoms in total. The zero-order valence-corrected chi connectivity index (χ0v) is 9.10. The third kappa shape index (κ3) is 4.30. The quantitative estimate of drug-likeness (QED) is 0.350. The Morgan fingerprint density at radius 3 is 2.57 bits per heavy atom. The van der Waals surface area contributed by atoms with Crippen LogP contribution in [0.2, 0.25) is 0 Å². The Hall–Kier alpha value is -1.00. The number of esters is 1. The molecule has 0 aromatic carbocycles. The monoisotopic (exact) mass is 236 g/mol. The molecule has 0 atom stereocenters. The number of rotatable bonds is 4. The zero-order valence-electron chi connectivity index (χ0n) is 7.59. The van der Waals surface area contributed by atoms with Gasteiger partial charge in [-0.3, -0.25) is 0 Å². The van der Waals surface area contributed by atoms with E-state index in [1.807, 2.05) is 0 Å². The maximum absolute atomic E-state index is 11.2. The lowest BCUT2D eigenvalue weighted by molar-refractivity contribution is -0.137. The maximum Gasteiger partial charge on any atom is 0.342 e. The van der Waals surface area contributed by atoms with Crippen LogP contribution in [-0.2, 0) is 9.53 Å². The minimum Gasteiger partial charge on any atom is -0.462 e. The van der Waals surface area contributed by atoms with Gasteiger partial charge in [-0.15, -0.1) is 0 Å². The van der Waals surface area contributed by atoms with Crippen LogP contribution >= 0.6 is 23.2 Å². The number of nitrogens with zero attached hydrogens (tertiary/aromatic N) is 1. The lowest BCUT2D eigenvalue weighted by atomic mass is 10.3. The summed E-state index contributed by atoms with van der Waals surface area (Å²) in [5.41, 5.74) is 5.13. The van der Waals surface area contributed by atoms with Crippen LogP contribution in [0.4, 0.5) is 0 Å². The predicted molar refractivity (Wildman–Crippen MR) is 57.2 cm³/mol. The molecule has 6 heteroatoms. The van der Waals surface area contributed by atoms with E-state index in [2.05, 4.69) is 16.3 Å². The van der Waals surface area contributed by atoms with Gasteiger partial charge >= 0.3 is 5.97 Å². The van der Waals surface area contributed by atoms with Gasteiger partial charge in [-0.1, -0.05) is 29.8 Å². The molecule has 0 aliphatic rings. The van der Waals surface area contributed by atoms with Gasteiger partial charge in [0.15, 0.2) is 0 Å². The number of hydrogen-bond donors (Lipinski definition) is 1. The molecule has 0 rings (SSSR count). The Morgan fingerprint density at radius 2 is 2.21 bits per heavy atom. The highest BCUT2D eigenvalue weighted by atomic mass is 35.5. The van der Waals surface area contributed by atoms with Crippen molar-refractivity contribution in [2.75, 3.05) is 6.61 Å². The summed E-state index contributed by atoms with van der Waals surface area (Å²) in [6, 6.07) is 0. The van der Waals surface area contributed by atoms with E-state index in [-0.39, 0.29) is 22.5 Å². The van der Waals surface area contributed by atoms with Crippen molar-refractivity contribution in [1.82, 2.24) is 0 Å². The summed E-state index contributed by atoms with van der Waals surface area (Å²) in [7, 11) is 0. The first-order valence-corrected chi connectivity index (χ1v) is 4.46. The summed E-state index contributed by atoms with van der Waals surface area (Å²) in [4.78, 5) is 14.7. The maximum atomic E-state index is 11.2. The van der Waals surface area contributed by atoms with Crippen LogP contribution in [0, 0.1) is 0 Å². The molecule has 0 radical (unpaired) electrons. The lowest BCUT2D eigenvalue weighted by Crippen LogP contribution is -2.14. The van der Waals surface area contributed by atoms with Gasteiger partial charge < -0.3 is 10.5 Å². The Balaban J connectivity index is 4.75. The second-order valence-corrected chi connectivity index (χ2v) is 2.87. The van der Waals surface area contributed by atoms with Crippen LogP contribution < -0.4 is 5.73 Å². The van der Waals surface area contributed by atoms with E-state index >= 15 is 0 Å². The highest BCUT2D eigenvalue weighted by Crippen LogP contribution is 2.09. The number of halogens is 2. The fraction of sp³-hybridized carbons (Fsp3) is 0.250. The van der Waals surface area contributed by atoms with Crippen molar-refractivity contribution in [2.45, 2.75) is 6.92 Å². The fourth-order valence-electron chi connectivity index (χ4n) is 0.597. The number of aliphatic imine (C=N–C) groups is 1. The largest absolute Gasteiger partial charge is 0.462 e. The van der Waals surface area contributed by atoms with Crippen LogP contribution in [0.1, 0.15) is 6.92 Å². The summed E-state index contributed by atoms with van der Waals surface area (Å²) in [6.45, 7) is 5.18. The predicted octanol–water partition coefficient (Wildman–Crippen LogP) is 1.74. The van der Waals surface area contributed by atoms with Crippen molar-refractivity contribution in [2.24, 2.45) is 10.7 Å². The highest BCUT2D eigenvalue weighted by molar-refractivity contribution is 6.72. The van der Waals surface area contributed by atoms with E-state index in [9.17, 15) is 4.79 Å². The van der Waals surface area contributed by atoms with Crippen LogP contribution in [0.25, 0.3) is 0 Å². The van der Waals surface area contributed by atoms with Crippen molar-refractivity contribution >= 4 is 34.3 Å². The lowest BCUT2D eigenvalue weighted by Gasteiger charge is -2.03. The standard InChI is InChI=1S/C8H10Cl2N2O2/c1-3-14-8(13)6(4-11)7(10)12-5(2)9/h4H,2-3,11H2,1H3/b6-4+,12-7+. The Morgan fingerprint density at radius 1 is 1.64 bits per heavy atom. The summed E-state index contributed by atoms with van der Waals surface area (Å²) < 4.78 is 4.67. The minimum absolute atomic E-state index is 0.0429. The molecule has 2 N–H and O–H groups in total. The SMILES string of the molecule is C=C(Cl)/N=C(Cl)\C(=C/N)C(=O)OCC. The fourth-order valence-corrected chi connectivity index (χ4v) is 0.967. The molecule has 0 unspecified atom stereocenters. The second kappa shape index (κ2) is 6.45. The molecule has 78 valence electrons. The van der Waals surface area contributed by atoms with E-state index in [1.165, 1.54) is 0 Å². The third-order valence-corrected chi connectivity index (χ3v) is 1.48. The van der Waals surface area contributed by atoms with Gasteiger partial charge in [0.05, 0.1) is 6.61 Å². The van der Waals surface area contributed by atoms with Crippen LogP contribution in [0.5, 0.6) is 0 Å². The smallest absolute Gasteiger partial charge is 0.342 e. The van der Waals surface area contributed by atoms with Gasteiger partial charge in [0, 0.05) is 6.20 Å². The molecule has 0 aliphatic heterocycles. The summed E-state index contributed by atoms with van der Waals surface area (Å²) in [6.07, 6.45) is 1.00. The van der Waals surface area contributed by atoms with E-state index < -0.39 is 5.97 Å². The first kappa shape index (κ1) is 13.0. The average Bonchev–Trinajstić information content (AvgIpc) is 2.04. The summed E-state index contributed by atoms with van der Waals surface area (Å²) >= 11 is 11.0. The molecular formula is C8H10Cl2N2O2. The van der Waals surface area contributed by atoms with Crippen molar-refractivity contribution in [3.05, 3.63) is 23.5 Å². The van der Waals surface area contributed by atoms with Crippen molar-refractivity contribution < 1.29 is 9.53 Å². The van der Waals surface area contributed by atoms with E-state index in [0.717, 1.165) is 6.20 Å². The number of hydrogen-bond acceptors (Lipinski definition) is 4. The van der Waals surface area contributed by atoms with E-state index in [0.29, 0.717) is 0 Å². The number of ether oxygens (including phenoxy) is 1. The number of carbonyl (C=O) groups is 1. The van der Waals surface area contributed by atoms with E-state index in [1.54, 1.807) is 6.92 Å². The topological polar surface area (TPSA) is 64.7 Å². The molecule has 0 aromatic heterocycles. The number of carbonyl (C=O) groups excluding carboxylic acids is 1.